The molecule has 0 atom stereocenters. The van der Waals surface area contributed by atoms with Gasteiger partial charge in [0.25, 0.3) is 5.35 Å². The Bertz CT molecular complexity index is 667. The van der Waals surface area contributed by atoms with E-state index in [1.54, 1.807) is 7.11 Å². The monoisotopic (exact) mass is 321 g/mol. The van der Waals surface area contributed by atoms with Crippen molar-refractivity contribution in [1.29, 1.82) is 0 Å². The van der Waals surface area contributed by atoms with Crippen molar-refractivity contribution in [1.82, 2.24) is 4.98 Å². The van der Waals surface area contributed by atoms with E-state index in [9.17, 15) is 0 Å². The Balaban J connectivity index is 0.000000225. The number of benzene rings is 2. The molecule has 21 heavy (non-hydrogen) atoms. The zero-order valence-corrected chi connectivity index (χ0v) is 12.8. The largest absolute Gasteiger partial charge is 0.497 e. The van der Waals surface area contributed by atoms with E-state index in [2.05, 4.69) is 9.40 Å². The van der Waals surface area contributed by atoms with E-state index in [1.165, 1.54) is 12.5 Å². The molecule has 0 bridgehead atoms. The Hall–Kier alpha value is -1.97. The van der Waals surface area contributed by atoms with Crippen molar-refractivity contribution in [3.05, 3.63) is 71.4 Å². The number of oxazole rings is 1. The third kappa shape index (κ3) is 4.52. The molecule has 0 saturated carbocycles. The molecule has 0 spiro atoms. The zero-order chi connectivity index (χ0) is 15.1. The SMILES string of the molecule is COc1ccc(-c2ccccc2Cl)cc1.Clc1ncco1. The third-order valence-electron chi connectivity index (χ3n) is 2.68. The Kier molecular flexibility index (Phi) is 5.67. The van der Waals surface area contributed by atoms with E-state index in [-0.39, 0.29) is 5.35 Å². The lowest BCUT2D eigenvalue weighted by Crippen LogP contribution is -1.83. The molecule has 0 amide bonds. The Morgan fingerprint density at radius 3 is 2.19 bits per heavy atom. The van der Waals surface area contributed by atoms with Crippen LogP contribution >= 0.6 is 23.2 Å². The van der Waals surface area contributed by atoms with Crippen molar-refractivity contribution >= 4 is 23.2 Å². The van der Waals surface area contributed by atoms with Crippen molar-refractivity contribution < 1.29 is 9.15 Å². The molecule has 0 aliphatic carbocycles. The lowest BCUT2D eigenvalue weighted by atomic mass is 10.1. The van der Waals surface area contributed by atoms with Crippen LogP contribution < -0.4 is 4.74 Å². The minimum atomic E-state index is 0.190. The molecule has 0 N–H and O–H groups in total. The van der Waals surface area contributed by atoms with Crippen LogP contribution in [0.3, 0.4) is 0 Å². The van der Waals surface area contributed by atoms with Crippen LogP contribution in [-0.4, -0.2) is 12.1 Å². The number of nitrogens with zero attached hydrogens (tertiary/aromatic N) is 1. The van der Waals surface area contributed by atoms with Gasteiger partial charge in [-0.05, 0) is 35.4 Å². The van der Waals surface area contributed by atoms with Crippen LogP contribution in [0.1, 0.15) is 0 Å². The highest BCUT2D eigenvalue weighted by molar-refractivity contribution is 6.33. The van der Waals surface area contributed by atoms with E-state index in [0.717, 1.165) is 21.9 Å². The number of ether oxygens (including phenoxy) is 1. The summed E-state index contributed by atoms with van der Waals surface area (Å²) >= 11 is 11.3. The fourth-order valence-electron chi connectivity index (χ4n) is 1.67. The maximum Gasteiger partial charge on any atom is 0.291 e. The lowest BCUT2D eigenvalue weighted by Gasteiger charge is -2.05. The van der Waals surface area contributed by atoms with Gasteiger partial charge in [-0.25, -0.2) is 4.98 Å². The summed E-state index contributed by atoms with van der Waals surface area (Å²) in [6.45, 7) is 0. The predicted octanol–water partition coefficient (Wildman–Crippen LogP) is 5.34. The number of halogens is 2. The standard InChI is InChI=1S/C13H11ClO.C3H2ClNO/c1-15-11-8-6-10(7-9-11)12-4-2-3-5-13(12)14;4-3-5-1-2-6-3/h2-9H,1H3;1-2H. The second kappa shape index (κ2) is 7.72. The molecule has 0 aliphatic heterocycles. The Labute approximate surface area is 133 Å². The lowest BCUT2D eigenvalue weighted by molar-refractivity contribution is 0.415. The molecular formula is C16H13Cl2NO2. The average Bonchev–Trinajstić information content (AvgIpc) is 3.00. The summed E-state index contributed by atoms with van der Waals surface area (Å²) in [4.78, 5) is 3.52. The second-order valence-electron chi connectivity index (χ2n) is 3.99. The summed E-state index contributed by atoms with van der Waals surface area (Å²) < 4.78 is 9.59. The van der Waals surface area contributed by atoms with Crippen molar-refractivity contribution in [2.45, 2.75) is 0 Å². The molecule has 0 saturated heterocycles. The first-order valence-electron chi connectivity index (χ1n) is 6.14. The van der Waals surface area contributed by atoms with Crippen molar-refractivity contribution in [2.24, 2.45) is 0 Å². The summed E-state index contributed by atoms with van der Waals surface area (Å²) in [5.41, 5.74) is 2.14. The number of aromatic nitrogens is 1. The van der Waals surface area contributed by atoms with Gasteiger partial charge in [-0.1, -0.05) is 41.9 Å². The fraction of sp³-hybridized carbons (Fsp3) is 0.0625. The van der Waals surface area contributed by atoms with Gasteiger partial charge in [-0.2, -0.15) is 0 Å². The molecule has 0 unspecified atom stereocenters. The molecular weight excluding hydrogens is 309 g/mol. The van der Waals surface area contributed by atoms with Crippen molar-refractivity contribution in [3.8, 4) is 16.9 Å². The molecule has 0 aliphatic rings. The van der Waals surface area contributed by atoms with Crippen LogP contribution in [0.15, 0.2) is 65.4 Å². The zero-order valence-electron chi connectivity index (χ0n) is 11.3. The van der Waals surface area contributed by atoms with Crippen LogP contribution in [0, 0.1) is 0 Å². The minimum Gasteiger partial charge on any atom is -0.497 e. The van der Waals surface area contributed by atoms with Gasteiger partial charge >= 0.3 is 0 Å². The Morgan fingerprint density at radius 2 is 1.71 bits per heavy atom. The van der Waals surface area contributed by atoms with E-state index < -0.39 is 0 Å². The number of hydrogen-bond donors (Lipinski definition) is 0. The summed E-state index contributed by atoms with van der Waals surface area (Å²) in [6, 6.07) is 15.7. The molecule has 3 aromatic rings. The first kappa shape index (κ1) is 15.4. The minimum absolute atomic E-state index is 0.190. The number of methoxy groups -OCH3 is 1. The predicted molar refractivity (Wildman–Crippen MR) is 85.0 cm³/mol. The first-order chi connectivity index (χ1) is 10.2. The average molecular weight is 322 g/mol. The van der Waals surface area contributed by atoms with Crippen LogP contribution in [0.25, 0.3) is 11.1 Å². The molecule has 108 valence electrons. The summed E-state index contributed by atoms with van der Waals surface area (Å²) in [5, 5.41) is 0.956. The van der Waals surface area contributed by atoms with Crippen molar-refractivity contribution in [3.63, 3.8) is 0 Å². The molecule has 3 nitrogen and oxygen atoms in total. The van der Waals surface area contributed by atoms with Crippen LogP contribution in [0.4, 0.5) is 0 Å². The van der Waals surface area contributed by atoms with Gasteiger partial charge < -0.3 is 9.15 Å². The van der Waals surface area contributed by atoms with E-state index in [1.807, 2.05) is 48.5 Å². The molecule has 0 fully saturated rings. The molecule has 5 heteroatoms. The van der Waals surface area contributed by atoms with Gasteiger partial charge in [0, 0.05) is 10.6 Å². The maximum absolute atomic E-state index is 6.10. The maximum atomic E-state index is 6.10. The van der Waals surface area contributed by atoms with Crippen molar-refractivity contribution in [2.75, 3.05) is 7.11 Å². The summed E-state index contributed by atoms with van der Waals surface area (Å²) in [6.07, 6.45) is 2.91. The van der Waals surface area contributed by atoms with Gasteiger partial charge in [0.1, 0.15) is 12.0 Å². The van der Waals surface area contributed by atoms with Gasteiger partial charge in [-0.3, -0.25) is 0 Å². The highest BCUT2D eigenvalue weighted by atomic mass is 35.5. The molecule has 1 aromatic heterocycles. The third-order valence-corrected chi connectivity index (χ3v) is 3.19. The highest BCUT2D eigenvalue weighted by Crippen LogP contribution is 2.28. The molecule has 3 rings (SSSR count). The van der Waals surface area contributed by atoms with Crippen LogP contribution in [0.5, 0.6) is 5.75 Å². The molecule has 2 aromatic carbocycles. The van der Waals surface area contributed by atoms with Crippen LogP contribution in [-0.2, 0) is 0 Å². The van der Waals surface area contributed by atoms with E-state index in [0.29, 0.717) is 0 Å². The quantitative estimate of drug-likeness (QED) is 0.638. The van der Waals surface area contributed by atoms with E-state index >= 15 is 0 Å². The second-order valence-corrected chi connectivity index (χ2v) is 4.72. The topological polar surface area (TPSA) is 35.3 Å². The molecule has 0 radical (unpaired) electrons. The normalized spacial score (nSPS) is 9.67. The number of hydrogen-bond acceptors (Lipinski definition) is 3. The van der Waals surface area contributed by atoms with Gasteiger partial charge in [0.15, 0.2) is 0 Å². The fourth-order valence-corrected chi connectivity index (χ4v) is 2.02. The molecule has 1 heterocycles. The van der Waals surface area contributed by atoms with E-state index in [4.69, 9.17) is 27.9 Å². The van der Waals surface area contributed by atoms with Crippen LogP contribution in [0.2, 0.25) is 10.4 Å². The first-order valence-corrected chi connectivity index (χ1v) is 6.90. The smallest absolute Gasteiger partial charge is 0.291 e. The number of rotatable bonds is 2. The van der Waals surface area contributed by atoms with Gasteiger partial charge in [0.05, 0.1) is 13.3 Å². The Morgan fingerprint density at radius 1 is 1.00 bits per heavy atom. The van der Waals surface area contributed by atoms with Gasteiger partial charge in [-0.15, -0.1) is 0 Å². The summed E-state index contributed by atoms with van der Waals surface area (Å²) in [7, 11) is 1.66. The summed E-state index contributed by atoms with van der Waals surface area (Å²) in [5.74, 6) is 0.853. The van der Waals surface area contributed by atoms with Gasteiger partial charge in [0.2, 0.25) is 0 Å². The highest BCUT2D eigenvalue weighted by Gasteiger charge is 2.01.